The normalized spacial score (nSPS) is 11.2. The van der Waals surface area contributed by atoms with Gasteiger partial charge in [0.1, 0.15) is 13.2 Å². The number of ether oxygens (including phenoxy) is 3. The molecule has 0 saturated carbocycles. The molecule has 0 saturated heterocycles. The minimum atomic E-state index is -0.876. The second-order valence-corrected chi connectivity index (χ2v) is 13.5. The molecule has 2 rings (SSSR count). The largest absolute Gasteiger partial charge is 0.462 e. The van der Waals surface area contributed by atoms with Crippen LogP contribution in [0.15, 0.2) is 42.5 Å². The summed E-state index contributed by atoms with van der Waals surface area (Å²) in [5, 5.41) is 1.71. The molecular weight excluding hydrogens is 600 g/mol. The first-order valence-electron chi connectivity index (χ1n) is 19.5. The van der Waals surface area contributed by atoms with Crippen LogP contribution in [-0.4, -0.2) is 37.2 Å². The molecule has 2 aromatic rings. The van der Waals surface area contributed by atoms with E-state index < -0.39 is 12.1 Å². The summed E-state index contributed by atoms with van der Waals surface area (Å²) in [7, 11) is 0. The smallest absolute Gasteiger partial charge is 0.339 e. The molecule has 0 atom stereocenters. The van der Waals surface area contributed by atoms with Gasteiger partial charge in [0.15, 0.2) is 6.10 Å². The second-order valence-electron chi connectivity index (χ2n) is 13.5. The highest BCUT2D eigenvalue weighted by Crippen LogP contribution is 2.20. The van der Waals surface area contributed by atoms with E-state index in [1.807, 2.05) is 36.4 Å². The summed E-state index contributed by atoms with van der Waals surface area (Å²) in [4.78, 5) is 38.3. The summed E-state index contributed by atoms with van der Waals surface area (Å²) in [6, 6.07) is 13.1. The molecule has 6 nitrogen and oxygen atoms in total. The third-order valence-electron chi connectivity index (χ3n) is 9.11. The predicted molar refractivity (Wildman–Crippen MR) is 197 cm³/mol. The van der Waals surface area contributed by atoms with Crippen LogP contribution < -0.4 is 0 Å². The fraction of sp³-hybridized carbons (Fsp3) is 0.690. The Bertz CT molecular complexity index is 1080. The van der Waals surface area contributed by atoms with E-state index in [2.05, 4.69) is 13.8 Å². The van der Waals surface area contributed by atoms with Crippen LogP contribution >= 0.6 is 0 Å². The Labute approximate surface area is 292 Å². The molecule has 0 fully saturated rings. The van der Waals surface area contributed by atoms with Gasteiger partial charge in [-0.2, -0.15) is 0 Å². The minimum Gasteiger partial charge on any atom is -0.462 e. The molecule has 0 aliphatic rings. The van der Waals surface area contributed by atoms with Crippen LogP contribution in [0.3, 0.4) is 0 Å². The van der Waals surface area contributed by atoms with Gasteiger partial charge in [0.05, 0.1) is 5.56 Å². The zero-order valence-electron chi connectivity index (χ0n) is 30.5. The number of hydrogen-bond acceptors (Lipinski definition) is 6. The number of benzene rings is 2. The third kappa shape index (κ3) is 19.8. The topological polar surface area (TPSA) is 78.9 Å². The van der Waals surface area contributed by atoms with Gasteiger partial charge in [0.25, 0.3) is 0 Å². The zero-order valence-corrected chi connectivity index (χ0v) is 30.5. The lowest BCUT2D eigenvalue weighted by Crippen LogP contribution is -2.31. The molecule has 0 N–H and O–H groups in total. The van der Waals surface area contributed by atoms with Gasteiger partial charge in [-0.05, 0) is 29.7 Å². The van der Waals surface area contributed by atoms with Gasteiger partial charge >= 0.3 is 17.9 Å². The summed E-state index contributed by atoms with van der Waals surface area (Å²) < 4.78 is 16.8. The summed E-state index contributed by atoms with van der Waals surface area (Å²) >= 11 is 0. The molecule has 48 heavy (non-hydrogen) atoms. The average Bonchev–Trinajstić information content (AvgIpc) is 3.10. The first-order valence-corrected chi connectivity index (χ1v) is 19.5. The van der Waals surface area contributed by atoms with Crippen molar-refractivity contribution in [2.75, 3.05) is 13.2 Å². The third-order valence-corrected chi connectivity index (χ3v) is 9.11. The first kappa shape index (κ1) is 41.3. The standard InChI is InChI=1S/C42H66O6/c1-3-5-7-9-11-13-15-17-19-21-23-32-40(43)46-34-37(48-42(45)39-31-27-29-36-28-25-26-30-38(36)39)35-47-41(44)33-24-22-20-18-16-14-12-10-8-6-4-2/h25-31,37H,3-24,32-35H2,1-2H3. The lowest BCUT2D eigenvalue weighted by atomic mass is 10.0. The predicted octanol–water partition coefficient (Wildman–Crippen LogP) is 11.9. The molecule has 0 radical (unpaired) electrons. The Kier molecular flexibility index (Phi) is 24.1. The molecular formula is C42H66O6. The van der Waals surface area contributed by atoms with E-state index >= 15 is 0 Å². The number of rotatable bonds is 30. The number of unbranched alkanes of at least 4 members (excludes halogenated alkanes) is 20. The Balaban J connectivity index is 1.72. The van der Waals surface area contributed by atoms with E-state index in [9.17, 15) is 14.4 Å². The van der Waals surface area contributed by atoms with Gasteiger partial charge in [-0.25, -0.2) is 4.79 Å². The van der Waals surface area contributed by atoms with E-state index in [0.29, 0.717) is 18.4 Å². The Hall–Kier alpha value is -2.89. The number of esters is 3. The highest BCUT2D eigenvalue weighted by molar-refractivity contribution is 6.04. The molecule has 0 bridgehead atoms. The molecule has 0 unspecified atom stereocenters. The van der Waals surface area contributed by atoms with Crippen molar-refractivity contribution in [1.29, 1.82) is 0 Å². The Morgan fingerprint density at radius 3 is 1.35 bits per heavy atom. The highest BCUT2D eigenvalue weighted by atomic mass is 16.6. The zero-order chi connectivity index (χ0) is 34.5. The van der Waals surface area contributed by atoms with Crippen molar-refractivity contribution >= 4 is 28.7 Å². The lowest BCUT2D eigenvalue weighted by Gasteiger charge is -2.19. The monoisotopic (exact) mass is 666 g/mol. The average molecular weight is 667 g/mol. The molecule has 0 heterocycles. The van der Waals surface area contributed by atoms with E-state index in [0.717, 1.165) is 49.3 Å². The van der Waals surface area contributed by atoms with Crippen molar-refractivity contribution in [3.05, 3.63) is 48.0 Å². The van der Waals surface area contributed by atoms with Crippen LogP contribution in [-0.2, 0) is 23.8 Å². The SMILES string of the molecule is CCCCCCCCCCCCCC(=O)OCC(COC(=O)CCCCCCCCCCCCC)OC(=O)c1cccc2ccccc12. The van der Waals surface area contributed by atoms with Crippen LogP contribution in [0.1, 0.15) is 178 Å². The molecule has 0 amide bonds. The highest BCUT2D eigenvalue weighted by Gasteiger charge is 2.21. The molecule has 270 valence electrons. The molecule has 2 aromatic carbocycles. The number of carbonyl (C=O) groups is 3. The fourth-order valence-electron chi connectivity index (χ4n) is 6.12. The quantitative estimate of drug-likeness (QED) is 0.0469. The van der Waals surface area contributed by atoms with E-state index in [4.69, 9.17) is 14.2 Å². The van der Waals surface area contributed by atoms with Crippen molar-refractivity contribution in [3.63, 3.8) is 0 Å². The second kappa shape index (κ2) is 28.0. The van der Waals surface area contributed by atoms with Gasteiger partial charge in [0.2, 0.25) is 0 Å². The van der Waals surface area contributed by atoms with Crippen molar-refractivity contribution in [3.8, 4) is 0 Å². The first-order chi connectivity index (χ1) is 23.5. The number of hydrogen-bond donors (Lipinski definition) is 0. The van der Waals surface area contributed by atoms with Gasteiger partial charge in [-0.1, -0.05) is 179 Å². The molecule has 0 aromatic heterocycles. The maximum Gasteiger partial charge on any atom is 0.339 e. The van der Waals surface area contributed by atoms with Crippen molar-refractivity contribution < 1.29 is 28.6 Å². The maximum absolute atomic E-state index is 13.2. The maximum atomic E-state index is 13.2. The van der Waals surface area contributed by atoms with Crippen molar-refractivity contribution in [2.45, 2.75) is 174 Å². The van der Waals surface area contributed by atoms with Gasteiger partial charge in [-0.3, -0.25) is 9.59 Å². The van der Waals surface area contributed by atoms with Crippen molar-refractivity contribution in [1.82, 2.24) is 0 Å². The summed E-state index contributed by atoms with van der Waals surface area (Å²) in [5.74, 6) is -1.16. The van der Waals surface area contributed by atoms with Crippen LogP contribution in [0.2, 0.25) is 0 Å². The Morgan fingerprint density at radius 1 is 0.500 bits per heavy atom. The van der Waals surface area contributed by atoms with Gasteiger partial charge in [-0.15, -0.1) is 0 Å². The minimum absolute atomic E-state index is 0.140. The van der Waals surface area contributed by atoms with Gasteiger partial charge in [0, 0.05) is 12.8 Å². The number of fused-ring (bicyclic) bond motifs is 1. The summed E-state index contributed by atoms with van der Waals surface area (Å²) in [6.07, 6.45) is 26.4. The summed E-state index contributed by atoms with van der Waals surface area (Å²) in [5.41, 5.74) is 0.428. The Morgan fingerprint density at radius 2 is 0.896 bits per heavy atom. The molecule has 0 aliphatic heterocycles. The van der Waals surface area contributed by atoms with Crippen LogP contribution in [0, 0.1) is 0 Å². The fourth-order valence-corrected chi connectivity index (χ4v) is 6.12. The molecule has 0 spiro atoms. The van der Waals surface area contributed by atoms with Crippen LogP contribution in [0.25, 0.3) is 10.8 Å². The van der Waals surface area contributed by atoms with E-state index in [1.54, 1.807) is 6.07 Å². The molecule has 0 aliphatic carbocycles. The van der Waals surface area contributed by atoms with Gasteiger partial charge < -0.3 is 14.2 Å². The van der Waals surface area contributed by atoms with Crippen LogP contribution in [0.4, 0.5) is 0 Å². The summed E-state index contributed by atoms with van der Waals surface area (Å²) in [6.45, 7) is 4.21. The van der Waals surface area contributed by atoms with E-state index in [1.165, 1.54) is 103 Å². The number of carbonyl (C=O) groups excluding carboxylic acids is 3. The lowest BCUT2D eigenvalue weighted by molar-refractivity contribution is -0.152. The molecule has 6 heteroatoms. The van der Waals surface area contributed by atoms with E-state index in [-0.39, 0.29) is 25.2 Å². The van der Waals surface area contributed by atoms with Crippen LogP contribution in [0.5, 0.6) is 0 Å². The van der Waals surface area contributed by atoms with Crippen molar-refractivity contribution in [2.24, 2.45) is 0 Å².